The quantitative estimate of drug-likeness (QED) is 0.793. The van der Waals surface area contributed by atoms with Gasteiger partial charge >= 0.3 is 0 Å². The van der Waals surface area contributed by atoms with Crippen LogP contribution >= 0.6 is 15.9 Å². The van der Waals surface area contributed by atoms with Gasteiger partial charge in [-0.25, -0.2) is 0 Å². The molecule has 0 radical (unpaired) electrons. The van der Waals surface area contributed by atoms with Gasteiger partial charge in [-0.05, 0) is 18.2 Å². The van der Waals surface area contributed by atoms with Gasteiger partial charge in [0.1, 0.15) is 0 Å². The van der Waals surface area contributed by atoms with E-state index in [-0.39, 0.29) is 0 Å². The van der Waals surface area contributed by atoms with Crippen LogP contribution in [0.2, 0.25) is 0 Å². The third-order valence-corrected chi connectivity index (χ3v) is 3.54. The van der Waals surface area contributed by atoms with Crippen LogP contribution in [0.3, 0.4) is 0 Å². The summed E-state index contributed by atoms with van der Waals surface area (Å²) in [7, 11) is 1.92. The molecule has 0 aliphatic carbocycles. The summed E-state index contributed by atoms with van der Waals surface area (Å²) in [4.78, 5) is 4.26. The van der Waals surface area contributed by atoms with Gasteiger partial charge in [-0.1, -0.05) is 28.0 Å². The van der Waals surface area contributed by atoms with E-state index in [2.05, 4.69) is 36.5 Å². The first kappa shape index (κ1) is 13.1. The number of fused-ring (bicyclic) bond motifs is 1. The fourth-order valence-electron chi connectivity index (χ4n) is 2.03. The topological polar surface area (TPSA) is 68.8 Å². The molecule has 3 rings (SSSR count). The first-order valence-electron chi connectivity index (χ1n) is 6.35. The molecule has 0 bridgehead atoms. The molecule has 0 fully saturated rings. The highest BCUT2D eigenvalue weighted by Crippen LogP contribution is 2.25. The van der Waals surface area contributed by atoms with Gasteiger partial charge in [0.25, 0.3) is 0 Å². The van der Waals surface area contributed by atoms with Gasteiger partial charge in [-0.2, -0.15) is 10.1 Å². The van der Waals surface area contributed by atoms with Crippen molar-refractivity contribution in [2.75, 3.05) is 5.32 Å². The standard InChI is InChI=1S/C13H14BrN5O/c1-3-11-16-12(20-18-11)7-15-13-9-5-4-8(14)6-10(9)19(2)17-13/h4-6H,3,7H2,1-2H3,(H,15,17). The zero-order valence-electron chi connectivity index (χ0n) is 11.2. The summed E-state index contributed by atoms with van der Waals surface area (Å²) in [6.07, 6.45) is 0.768. The van der Waals surface area contributed by atoms with Gasteiger partial charge in [0.05, 0.1) is 12.1 Å². The van der Waals surface area contributed by atoms with E-state index in [0.29, 0.717) is 12.4 Å². The van der Waals surface area contributed by atoms with Crippen molar-refractivity contribution in [2.45, 2.75) is 19.9 Å². The predicted molar refractivity (Wildman–Crippen MR) is 79.4 cm³/mol. The summed E-state index contributed by atoms with van der Waals surface area (Å²) in [6, 6.07) is 6.06. The molecule has 1 aromatic carbocycles. The van der Waals surface area contributed by atoms with Gasteiger partial charge < -0.3 is 9.84 Å². The lowest BCUT2D eigenvalue weighted by Crippen LogP contribution is -2.01. The maximum absolute atomic E-state index is 5.15. The molecule has 0 spiro atoms. The maximum atomic E-state index is 5.15. The fraction of sp³-hybridized carbons (Fsp3) is 0.308. The van der Waals surface area contributed by atoms with E-state index < -0.39 is 0 Å². The number of benzene rings is 1. The average Bonchev–Trinajstić information content (AvgIpc) is 3.02. The van der Waals surface area contributed by atoms with E-state index in [4.69, 9.17) is 4.52 Å². The third kappa shape index (κ3) is 2.40. The largest absolute Gasteiger partial charge is 0.359 e. The normalized spacial score (nSPS) is 11.2. The lowest BCUT2D eigenvalue weighted by atomic mass is 10.2. The number of rotatable bonds is 4. The van der Waals surface area contributed by atoms with Crippen LogP contribution in [-0.2, 0) is 20.0 Å². The van der Waals surface area contributed by atoms with Crippen LogP contribution in [0, 0.1) is 0 Å². The summed E-state index contributed by atoms with van der Waals surface area (Å²) < 4.78 is 8.02. The van der Waals surface area contributed by atoms with Crippen molar-refractivity contribution in [3.05, 3.63) is 34.4 Å². The number of nitrogens with one attached hydrogen (secondary N) is 1. The Balaban J connectivity index is 1.84. The van der Waals surface area contributed by atoms with E-state index in [9.17, 15) is 0 Å². The van der Waals surface area contributed by atoms with Crippen LogP contribution in [0.25, 0.3) is 10.9 Å². The molecule has 0 aliphatic heterocycles. The van der Waals surface area contributed by atoms with Crippen molar-refractivity contribution < 1.29 is 4.52 Å². The zero-order chi connectivity index (χ0) is 14.1. The highest BCUT2D eigenvalue weighted by molar-refractivity contribution is 9.10. The summed E-state index contributed by atoms with van der Waals surface area (Å²) in [5.41, 5.74) is 1.06. The fourth-order valence-corrected chi connectivity index (χ4v) is 2.37. The molecule has 20 heavy (non-hydrogen) atoms. The van der Waals surface area contributed by atoms with E-state index in [1.807, 2.05) is 36.9 Å². The summed E-state index contributed by atoms with van der Waals surface area (Å²) in [6.45, 7) is 2.46. The zero-order valence-corrected chi connectivity index (χ0v) is 12.8. The van der Waals surface area contributed by atoms with Gasteiger partial charge in [0.2, 0.25) is 5.89 Å². The van der Waals surface area contributed by atoms with Crippen molar-refractivity contribution in [1.82, 2.24) is 19.9 Å². The molecule has 2 heterocycles. The lowest BCUT2D eigenvalue weighted by Gasteiger charge is -1.99. The summed E-state index contributed by atoms with van der Waals surface area (Å²) >= 11 is 3.47. The van der Waals surface area contributed by atoms with E-state index >= 15 is 0 Å². The molecular weight excluding hydrogens is 322 g/mol. The van der Waals surface area contributed by atoms with Crippen molar-refractivity contribution in [3.63, 3.8) is 0 Å². The van der Waals surface area contributed by atoms with Gasteiger partial charge in [0, 0.05) is 23.3 Å². The average molecular weight is 336 g/mol. The first-order chi connectivity index (χ1) is 9.67. The Morgan fingerprint density at radius 3 is 3.00 bits per heavy atom. The number of hydrogen-bond acceptors (Lipinski definition) is 5. The number of hydrogen-bond donors (Lipinski definition) is 1. The van der Waals surface area contributed by atoms with Crippen LogP contribution in [0.5, 0.6) is 0 Å². The maximum Gasteiger partial charge on any atom is 0.245 e. The van der Waals surface area contributed by atoms with E-state index in [0.717, 1.165) is 33.4 Å². The molecule has 1 N–H and O–H groups in total. The number of aromatic nitrogens is 4. The molecule has 0 unspecified atom stereocenters. The van der Waals surface area contributed by atoms with Crippen LogP contribution < -0.4 is 5.32 Å². The van der Waals surface area contributed by atoms with Gasteiger partial charge in [-0.15, -0.1) is 0 Å². The monoisotopic (exact) mass is 335 g/mol. The van der Waals surface area contributed by atoms with Crippen molar-refractivity contribution >= 4 is 32.7 Å². The van der Waals surface area contributed by atoms with Gasteiger partial charge in [-0.3, -0.25) is 4.68 Å². The molecule has 2 aromatic heterocycles. The number of halogens is 1. The minimum atomic E-state index is 0.467. The van der Waals surface area contributed by atoms with Crippen molar-refractivity contribution in [2.24, 2.45) is 7.05 Å². The van der Waals surface area contributed by atoms with Crippen molar-refractivity contribution in [1.29, 1.82) is 0 Å². The first-order valence-corrected chi connectivity index (χ1v) is 7.14. The molecule has 0 aliphatic rings. The van der Waals surface area contributed by atoms with E-state index in [1.54, 1.807) is 0 Å². The summed E-state index contributed by atoms with van der Waals surface area (Å²) in [5.74, 6) is 2.10. The minimum Gasteiger partial charge on any atom is -0.359 e. The predicted octanol–water partition coefficient (Wildman–Crippen LogP) is 2.89. The molecule has 0 saturated carbocycles. The second kappa shape index (κ2) is 5.24. The van der Waals surface area contributed by atoms with Crippen LogP contribution in [0.15, 0.2) is 27.2 Å². The molecule has 7 heteroatoms. The highest BCUT2D eigenvalue weighted by atomic mass is 79.9. The van der Waals surface area contributed by atoms with Crippen LogP contribution in [-0.4, -0.2) is 19.9 Å². The summed E-state index contributed by atoms with van der Waals surface area (Å²) in [5, 5.41) is 12.6. The highest BCUT2D eigenvalue weighted by Gasteiger charge is 2.10. The molecule has 104 valence electrons. The van der Waals surface area contributed by atoms with Gasteiger partial charge in [0.15, 0.2) is 11.6 Å². The molecule has 6 nitrogen and oxygen atoms in total. The molecule has 0 atom stereocenters. The Labute approximate surface area is 124 Å². The molecular formula is C13H14BrN5O. The van der Waals surface area contributed by atoms with Crippen LogP contribution in [0.1, 0.15) is 18.6 Å². The Hall–Kier alpha value is -1.89. The number of nitrogens with zero attached hydrogens (tertiary/aromatic N) is 4. The second-order valence-electron chi connectivity index (χ2n) is 4.45. The molecule has 0 amide bonds. The minimum absolute atomic E-state index is 0.467. The van der Waals surface area contributed by atoms with Crippen LogP contribution in [0.4, 0.5) is 5.82 Å². The molecule has 0 saturated heterocycles. The lowest BCUT2D eigenvalue weighted by molar-refractivity contribution is 0.378. The molecule has 3 aromatic rings. The van der Waals surface area contributed by atoms with E-state index in [1.165, 1.54) is 0 Å². The Morgan fingerprint density at radius 2 is 2.25 bits per heavy atom. The third-order valence-electron chi connectivity index (χ3n) is 3.05. The number of anilines is 1. The smallest absolute Gasteiger partial charge is 0.245 e. The Morgan fingerprint density at radius 1 is 1.40 bits per heavy atom. The SMILES string of the molecule is CCc1noc(CNc2nn(C)c3cc(Br)ccc23)n1. The Kier molecular flexibility index (Phi) is 3.43. The second-order valence-corrected chi connectivity index (χ2v) is 5.36. The number of aryl methyl sites for hydroxylation is 2. The van der Waals surface area contributed by atoms with Crippen molar-refractivity contribution in [3.8, 4) is 0 Å². The Bertz CT molecular complexity index is 748.